The lowest BCUT2D eigenvalue weighted by atomic mass is 10.2. The Morgan fingerprint density at radius 2 is 2.08 bits per heavy atom. The second-order valence-electron chi connectivity index (χ2n) is 5.95. The molecule has 2 N–H and O–H groups in total. The number of carbonyl (C=O) groups is 1. The van der Waals surface area contributed by atoms with Gasteiger partial charge in [-0.1, -0.05) is 17.7 Å². The third kappa shape index (κ3) is 4.46. The fourth-order valence-corrected chi connectivity index (χ4v) is 4.43. The summed E-state index contributed by atoms with van der Waals surface area (Å²) in [5.74, 6) is 0.0964. The van der Waals surface area contributed by atoms with E-state index in [1.54, 1.807) is 12.1 Å². The lowest BCUT2D eigenvalue weighted by molar-refractivity contribution is 0.0936. The molecule has 3 rings (SSSR count). The zero-order chi connectivity index (χ0) is 18.0. The van der Waals surface area contributed by atoms with Crippen LogP contribution in [-0.4, -0.2) is 41.8 Å². The molecule has 1 unspecified atom stereocenters. The monoisotopic (exact) mass is 380 g/mol. The molecule has 1 atom stereocenters. The van der Waals surface area contributed by atoms with E-state index in [-0.39, 0.29) is 23.2 Å². The van der Waals surface area contributed by atoms with Gasteiger partial charge >= 0.3 is 0 Å². The van der Waals surface area contributed by atoms with Crippen molar-refractivity contribution in [3.63, 3.8) is 0 Å². The van der Waals surface area contributed by atoms with Crippen molar-refractivity contribution in [3.05, 3.63) is 46.9 Å². The molecule has 2 aromatic rings. The average molecular weight is 381 g/mol. The number of rotatable bonds is 4. The molecule has 1 aromatic heterocycles. The van der Waals surface area contributed by atoms with Gasteiger partial charge in [-0.2, -0.15) is 0 Å². The van der Waals surface area contributed by atoms with E-state index in [1.165, 1.54) is 12.4 Å². The van der Waals surface area contributed by atoms with Crippen molar-refractivity contribution < 1.29 is 13.2 Å². The molecular formula is C16H17ClN4O3S. The number of hydrogen-bond donors (Lipinski definition) is 2. The normalized spacial score (nSPS) is 18.7. The van der Waals surface area contributed by atoms with Gasteiger partial charge in [-0.15, -0.1) is 0 Å². The first-order valence-corrected chi connectivity index (χ1v) is 9.89. The molecule has 1 fully saturated rings. The van der Waals surface area contributed by atoms with Gasteiger partial charge in [0.25, 0.3) is 5.91 Å². The van der Waals surface area contributed by atoms with Gasteiger partial charge in [0.05, 0.1) is 11.5 Å². The van der Waals surface area contributed by atoms with Crippen molar-refractivity contribution in [1.29, 1.82) is 0 Å². The Labute approximate surface area is 150 Å². The zero-order valence-corrected chi connectivity index (χ0v) is 15.1. The average Bonchev–Trinajstić information content (AvgIpc) is 2.90. The van der Waals surface area contributed by atoms with Crippen molar-refractivity contribution in [1.82, 2.24) is 15.3 Å². The van der Waals surface area contributed by atoms with Gasteiger partial charge in [-0.05, 0) is 31.0 Å². The fourth-order valence-electron chi connectivity index (χ4n) is 2.58. The topological polar surface area (TPSA) is 101 Å². The van der Waals surface area contributed by atoms with Crippen LogP contribution >= 0.6 is 11.6 Å². The van der Waals surface area contributed by atoms with Gasteiger partial charge in [-0.3, -0.25) is 4.79 Å². The Bertz CT molecular complexity index is 917. The molecule has 1 aliphatic rings. The minimum absolute atomic E-state index is 0.0311. The summed E-state index contributed by atoms with van der Waals surface area (Å²) in [6, 6.07) is 6.57. The van der Waals surface area contributed by atoms with Crippen molar-refractivity contribution in [2.24, 2.45) is 0 Å². The Hall–Kier alpha value is -2.19. The molecule has 0 aliphatic carbocycles. The van der Waals surface area contributed by atoms with Crippen LogP contribution < -0.4 is 10.6 Å². The van der Waals surface area contributed by atoms with Crippen LogP contribution in [0.5, 0.6) is 0 Å². The van der Waals surface area contributed by atoms with E-state index < -0.39 is 15.7 Å². The van der Waals surface area contributed by atoms with Gasteiger partial charge in [0.15, 0.2) is 9.84 Å². The molecule has 1 aromatic carbocycles. The van der Waals surface area contributed by atoms with Crippen LogP contribution in [-0.2, 0) is 9.84 Å². The van der Waals surface area contributed by atoms with Crippen molar-refractivity contribution in [3.8, 4) is 0 Å². The maximum atomic E-state index is 12.3. The van der Waals surface area contributed by atoms with Crippen molar-refractivity contribution >= 4 is 38.9 Å². The van der Waals surface area contributed by atoms with Crippen LogP contribution in [0.3, 0.4) is 0 Å². The molecule has 0 spiro atoms. The summed E-state index contributed by atoms with van der Waals surface area (Å²) >= 11 is 6.00. The minimum atomic E-state index is -3.05. The van der Waals surface area contributed by atoms with E-state index in [0.717, 1.165) is 11.3 Å². The highest BCUT2D eigenvalue weighted by Crippen LogP contribution is 2.23. The molecule has 9 heteroatoms. The van der Waals surface area contributed by atoms with E-state index >= 15 is 0 Å². The number of sulfone groups is 1. The Kier molecular flexibility index (Phi) is 4.91. The summed E-state index contributed by atoms with van der Waals surface area (Å²) in [5, 5.41) is 6.39. The number of halogens is 1. The number of anilines is 2. The number of carbonyl (C=O) groups excluding carboxylic acids is 1. The molecule has 0 bridgehead atoms. The molecule has 132 valence electrons. The van der Waals surface area contributed by atoms with Gasteiger partial charge in [0.2, 0.25) is 0 Å². The van der Waals surface area contributed by atoms with Crippen LogP contribution in [0.25, 0.3) is 0 Å². The number of benzene rings is 1. The second-order valence-corrected chi connectivity index (χ2v) is 8.61. The quantitative estimate of drug-likeness (QED) is 0.842. The van der Waals surface area contributed by atoms with Crippen LogP contribution in [0, 0.1) is 6.92 Å². The highest BCUT2D eigenvalue weighted by molar-refractivity contribution is 7.91. The number of hydrogen-bond acceptors (Lipinski definition) is 6. The fraction of sp³-hybridized carbons (Fsp3) is 0.312. The number of amides is 1. The molecule has 2 heterocycles. The molecule has 1 aliphatic heterocycles. The first-order valence-electron chi connectivity index (χ1n) is 7.69. The number of nitrogens with one attached hydrogen (secondary N) is 2. The van der Waals surface area contributed by atoms with E-state index in [1.807, 2.05) is 13.0 Å². The van der Waals surface area contributed by atoms with E-state index in [0.29, 0.717) is 17.3 Å². The van der Waals surface area contributed by atoms with E-state index in [2.05, 4.69) is 20.6 Å². The molecule has 25 heavy (non-hydrogen) atoms. The number of nitrogens with zero attached hydrogens (tertiary/aromatic N) is 2. The maximum Gasteiger partial charge on any atom is 0.270 e. The standard InChI is InChI=1S/C16H17ClN4O3S/c1-10-2-3-11(17)6-13(10)21-15-7-14(18-9-19-15)16(22)20-12-4-5-25(23,24)8-12/h2-3,6-7,9,12H,4-5,8H2,1H3,(H,20,22)(H,18,19,21). The van der Waals surface area contributed by atoms with Gasteiger partial charge in [-0.25, -0.2) is 18.4 Å². The lowest BCUT2D eigenvalue weighted by Crippen LogP contribution is -2.36. The van der Waals surface area contributed by atoms with E-state index in [9.17, 15) is 13.2 Å². The third-order valence-corrected chi connectivity index (χ3v) is 5.93. The largest absolute Gasteiger partial charge is 0.347 e. The first-order chi connectivity index (χ1) is 11.8. The molecule has 0 radical (unpaired) electrons. The van der Waals surface area contributed by atoms with Gasteiger partial charge in [0, 0.05) is 22.8 Å². The summed E-state index contributed by atoms with van der Waals surface area (Å²) in [6.07, 6.45) is 1.70. The Balaban J connectivity index is 1.73. The van der Waals surface area contributed by atoms with E-state index in [4.69, 9.17) is 11.6 Å². The summed E-state index contributed by atoms with van der Waals surface area (Å²) in [6.45, 7) is 1.92. The Morgan fingerprint density at radius 1 is 1.28 bits per heavy atom. The minimum Gasteiger partial charge on any atom is -0.347 e. The smallest absolute Gasteiger partial charge is 0.270 e. The highest BCUT2D eigenvalue weighted by atomic mass is 35.5. The highest BCUT2D eigenvalue weighted by Gasteiger charge is 2.29. The van der Waals surface area contributed by atoms with Gasteiger partial charge < -0.3 is 10.6 Å². The zero-order valence-electron chi connectivity index (χ0n) is 13.5. The number of aromatic nitrogens is 2. The van der Waals surface area contributed by atoms with Crippen LogP contribution in [0.15, 0.2) is 30.6 Å². The first kappa shape index (κ1) is 17.6. The second kappa shape index (κ2) is 6.97. The Morgan fingerprint density at radius 3 is 2.80 bits per heavy atom. The SMILES string of the molecule is Cc1ccc(Cl)cc1Nc1cc(C(=O)NC2CCS(=O)(=O)C2)ncn1. The van der Waals surface area contributed by atoms with Crippen molar-refractivity contribution in [2.75, 3.05) is 16.8 Å². The molecule has 1 saturated heterocycles. The third-order valence-electron chi connectivity index (χ3n) is 3.93. The number of aryl methyl sites for hydroxylation is 1. The van der Waals surface area contributed by atoms with Crippen LogP contribution in [0.2, 0.25) is 5.02 Å². The summed E-state index contributed by atoms with van der Waals surface area (Å²) in [5.41, 5.74) is 1.92. The summed E-state index contributed by atoms with van der Waals surface area (Å²) in [4.78, 5) is 20.4. The van der Waals surface area contributed by atoms with Crippen LogP contribution in [0.4, 0.5) is 11.5 Å². The predicted molar refractivity (Wildman–Crippen MR) is 96.0 cm³/mol. The van der Waals surface area contributed by atoms with Gasteiger partial charge in [0.1, 0.15) is 17.8 Å². The molecular weight excluding hydrogens is 364 g/mol. The summed E-state index contributed by atoms with van der Waals surface area (Å²) < 4.78 is 23.0. The summed E-state index contributed by atoms with van der Waals surface area (Å²) in [7, 11) is -3.05. The van der Waals surface area contributed by atoms with Crippen LogP contribution in [0.1, 0.15) is 22.5 Å². The molecule has 0 saturated carbocycles. The molecule has 1 amide bonds. The predicted octanol–water partition coefficient (Wildman–Crippen LogP) is 2.10. The lowest BCUT2D eigenvalue weighted by Gasteiger charge is -2.12. The van der Waals surface area contributed by atoms with Crippen molar-refractivity contribution in [2.45, 2.75) is 19.4 Å². The maximum absolute atomic E-state index is 12.3. The molecule has 7 nitrogen and oxygen atoms in total.